The van der Waals surface area contributed by atoms with Crippen LogP contribution < -0.4 is 10.5 Å². The lowest BCUT2D eigenvalue weighted by Crippen LogP contribution is -2.13. The van der Waals surface area contributed by atoms with E-state index >= 15 is 0 Å². The number of hydrogen-bond donors (Lipinski definition) is 1. The smallest absolute Gasteiger partial charge is 0.248 e. The Bertz CT molecular complexity index is 1050. The number of aromatic nitrogens is 2. The van der Waals surface area contributed by atoms with Gasteiger partial charge in [-0.3, -0.25) is 14.8 Å². The quantitative estimate of drug-likeness (QED) is 0.683. The van der Waals surface area contributed by atoms with Gasteiger partial charge in [-0.2, -0.15) is 0 Å². The number of pyridine rings is 2. The van der Waals surface area contributed by atoms with Crippen LogP contribution in [0.5, 0.6) is 11.5 Å². The van der Waals surface area contributed by atoms with Gasteiger partial charge >= 0.3 is 0 Å². The van der Waals surface area contributed by atoms with Crippen LogP contribution in [0.25, 0.3) is 11.3 Å². The molecule has 1 aromatic carbocycles. The Morgan fingerprint density at radius 2 is 2.00 bits per heavy atom. The van der Waals surface area contributed by atoms with Gasteiger partial charge in [0, 0.05) is 35.2 Å². The number of benzene rings is 1. The third-order valence-corrected chi connectivity index (χ3v) is 4.93. The highest BCUT2D eigenvalue weighted by Gasteiger charge is 2.45. The van der Waals surface area contributed by atoms with Gasteiger partial charge in [-0.05, 0) is 49.1 Å². The number of hydrogen-bond acceptors (Lipinski definition) is 4. The molecule has 1 saturated carbocycles. The van der Waals surface area contributed by atoms with Crippen molar-refractivity contribution in [1.82, 2.24) is 9.97 Å². The number of halogens is 1. The molecule has 1 aliphatic rings. The average Bonchev–Trinajstić information content (AvgIpc) is 3.46. The number of aryl methyl sites for hydroxylation is 1. The van der Waals surface area contributed by atoms with Crippen molar-refractivity contribution >= 4 is 5.91 Å². The molecule has 2 aromatic heterocycles. The summed E-state index contributed by atoms with van der Waals surface area (Å²) in [6.45, 7) is 1.97. The predicted molar refractivity (Wildman–Crippen MR) is 104 cm³/mol. The fourth-order valence-electron chi connectivity index (χ4n) is 3.17. The van der Waals surface area contributed by atoms with Gasteiger partial charge < -0.3 is 10.5 Å². The van der Waals surface area contributed by atoms with Gasteiger partial charge in [-0.1, -0.05) is 13.0 Å². The topological polar surface area (TPSA) is 78.1 Å². The van der Waals surface area contributed by atoms with Crippen molar-refractivity contribution in [2.45, 2.75) is 31.9 Å². The summed E-state index contributed by atoms with van der Waals surface area (Å²) < 4.78 is 20.1. The summed E-state index contributed by atoms with van der Waals surface area (Å²) in [6, 6.07) is 10.7. The monoisotopic (exact) mass is 377 g/mol. The maximum atomic E-state index is 14.3. The zero-order chi connectivity index (χ0) is 19.7. The SMILES string of the molecule is CCc1cc(-c2cc(Oc3cncc(C4(F)CC4)c3)ccn2)ccc1C(N)=O. The van der Waals surface area contributed by atoms with E-state index in [9.17, 15) is 9.18 Å². The zero-order valence-electron chi connectivity index (χ0n) is 15.5. The van der Waals surface area contributed by atoms with Gasteiger partial charge in [0.05, 0.1) is 11.9 Å². The number of ether oxygens (including phenoxy) is 1. The van der Waals surface area contributed by atoms with Crippen LogP contribution in [-0.2, 0) is 12.1 Å². The third-order valence-electron chi connectivity index (χ3n) is 4.93. The van der Waals surface area contributed by atoms with Gasteiger partial charge in [-0.25, -0.2) is 4.39 Å². The Morgan fingerprint density at radius 3 is 2.71 bits per heavy atom. The van der Waals surface area contributed by atoms with E-state index in [2.05, 4.69) is 9.97 Å². The lowest BCUT2D eigenvalue weighted by Gasteiger charge is -2.11. The Hall–Kier alpha value is -3.28. The maximum Gasteiger partial charge on any atom is 0.248 e. The van der Waals surface area contributed by atoms with Crippen LogP contribution in [0.1, 0.15) is 41.3 Å². The average molecular weight is 377 g/mol. The van der Waals surface area contributed by atoms with E-state index in [0.29, 0.717) is 47.6 Å². The van der Waals surface area contributed by atoms with E-state index in [1.165, 1.54) is 0 Å². The third kappa shape index (κ3) is 3.58. The van der Waals surface area contributed by atoms with Crippen LogP contribution >= 0.6 is 0 Å². The molecule has 5 nitrogen and oxygen atoms in total. The van der Waals surface area contributed by atoms with Crippen LogP contribution in [-0.4, -0.2) is 15.9 Å². The molecule has 0 aliphatic heterocycles. The first-order chi connectivity index (χ1) is 13.5. The second-order valence-electron chi connectivity index (χ2n) is 6.94. The first kappa shape index (κ1) is 18.1. The number of carbonyl (C=O) groups is 1. The number of amides is 1. The largest absolute Gasteiger partial charge is 0.456 e. The molecule has 2 N–H and O–H groups in total. The Morgan fingerprint density at radius 1 is 1.18 bits per heavy atom. The summed E-state index contributed by atoms with van der Waals surface area (Å²) in [6.07, 6.45) is 6.49. The minimum absolute atomic E-state index is 0.442. The second-order valence-corrected chi connectivity index (χ2v) is 6.94. The summed E-state index contributed by atoms with van der Waals surface area (Å²) in [4.78, 5) is 20.0. The molecule has 0 radical (unpaired) electrons. The normalized spacial score (nSPS) is 14.5. The molecule has 0 saturated heterocycles. The molecule has 0 spiro atoms. The fourth-order valence-corrected chi connectivity index (χ4v) is 3.17. The first-order valence-electron chi connectivity index (χ1n) is 9.20. The van der Waals surface area contributed by atoms with Crippen LogP contribution in [0.3, 0.4) is 0 Å². The number of nitrogens with zero attached hydrogens (tertiary/aromatic N) is 2. The van der Waals surface area contributed by atoms with E-state index in [4.69, 9.17) is 10.5 Å². The molecular formula is C22H20FN3O2. The Labute approximate surface area is 162 Å². The van der Waals surface area contributed by atoms with Gasteiger partial charge in [0.25, 0.3) is 0 Å². The van der Waals surface area contributed by atoms with Crippen molar-refractivity contribution in [2.24, 2.45) is 5.73 Å². The Balaban J connectivity index is 1.61. The van der Waals surface area contributed by atoms with Gasteiger partial charge in [0.2, 0.25) is 5.91 Å². The lowest BCUT2D eigenvalue weighted by atomic mass is 9.99. The number of nitrogens with two attached hydrogens (primary N) is 1. The summed E-state index contributed by atoms with van der Waals surface area (Å²) >= 11 is 0. The molecule has 3 aromatic rings. The van der Waals surface area contributed by atoms with Crippen LogP contribution in [0.4, 0.5) is 4.39 Å². The number of alkyl halides is 1. The van der Waals surface area contributed by atoms with Crippen molar-refractivity contribution in [3.63, 3.8) is 0 Å². The van der Waals surface area contributed by atoms with E-state index in [1.54, 1.807) is 42.9 Å². The number of primary amides is 1. The lowest BCUT2D eigenvalue weighted by molar-refractivity contribution is 0.0999. The first-order valence-corrected chi connectivity index (χ1v) is 9.20. The van der Waals surface area contributed by atoms with Crippen molar-refractivity contribution < 1.29 is 13.9 Å². The summed E-state index contributed by atoms with van der Waals surface area (Å²) in [5, 5.41) is 0. The van der Waals surface area contributed by atoms with Gasteiger partial charge in [-0.15, -0.1) is 0 Å². The zero-order valence-corrected chi connectivity index (χ0v) is 15.5. The molecule has 0 atom stereocenters. The standard InChI is InChI=1S/C22H20FN3O2/c1-2-14-9-15(3-4-19(14)21(24)27)20-11-17(5-8-26-20)28-18-10-16(12-25-13-18)22(23)6-7-22/h3-5,8-13H,2,6-7H2,1H3,(H2,24,27). The van der Waals surface area contributed by atoms with Crippen LogP contribution in [0, 0.1) is 0 Å². The van der Waals surface area contributed by atoms with E-state index in [1.807, 2.05) is 19.1 Å². The Kier molecular flexibility index (Phi) is 4.55. The molecule has 0 bridgehead atoms. The molecule has 28 heavy (non-hydrogen) atoms. The highest BCUT2D eigenvalue weighted by atomic mass is 19.1. The highest BCUT2D eigenvalue weighted by molar-refractivity contribution is 5.95. The fraction of sp³-hybridized carbons (Fsp3) is 0.227. The highest BCUT2D eigenvalue weighted by Crippen LogP contribution is 2.49. The predicted octanol–water partition coefficient (Wildman–Crippen LogP) is 4.56. The van der Waals surface area contributed by atoms with Crippen LogP contribution in [0.2, 0.25) is 0 Å². The molecular weight excluding hydrogens is 357 g/mol. The van der Waals surface area contributed by atoms with E-state index in [0.717, 1.165) is 11.1 Å². The molecule has 4 rings (SSSR count). The molecule has 1 fully saturated rings. The van der Waals surface area contributed by atoms with Gasteiger partial charge in [0.1, 0.15) is 17.2 Å². The number of rotatable bonds is 6. The summed E-state index contributed by atoms with van der Waals surface area (Å²) in [5.41, 5.74) is 7.67. The summed E-state index contributed by atoms with van der Waals surface area (Å²) in [5.74, 6) is 0.615. The molecule has 1 aliphatic carbocycles. The van der Waals surface area contributed by atoms with Crippen LogP contribution in [0.15, 0.2) is 55.0 Å². The van der Waals surface area contributed by atoms with Crippen molar-refractivity contribution in [3.8, 4) is 22.8 Å². The maximum absolute atomic E-state index is 14.3. The molecule has 6 heteroatoms. The number of carbonyl (C=O) groups excluding carboxylic acids is 1. The molecule has 0 unspecified atom stereocenters. The minimum Gasteiger partial charge on any atom is -0.456 e. The summed E-state index contributed by atoms with van der Waals surface area (Å²) in [7, 11) is 0. The van der Waals surface area contributed by atoms with Gasteiger partial charge in [0.15, 0.2) is 0 Å². The van der Waals surface area contributed by atoms with Crippen molar-refractivity contribution in [2.75, 3.05) is 0 Å². The minimum atomic E-state index is -1.26. The molecule has 142 valence electrons. The van der Waals surface area contributed by atoms with Crippen molar-refractivity contribution in [1.29, 1.82) is 0 Å². The molecule has 1 amide bonds. The van der Waals surface area contributed by atoms with Crippen molar-refractivity contribution in [3.05, 3.63) is 71.7 Å². The molecule has 2 heterocycles. The van der Waals surface area contributed by atoms with E-state index < -0.39 is 11.6 Å². The van der Waals surface area contributed by atoms with E-state index in [-0.39, 0.29) is 0 Å². The second kappa shape index (κ2) is 7.03.